The third-order valence-electron chi connectivity index (χ3n) is 8.28. The molecule has 1 aliphatic rings. The molecule has 0 unspecified atom stereocenters. The Labute approximate surface area is 232 Å². The lowest BCUT2D eigenvalue weighted by Gasteiger charge is -2.42. The molecule has 0 spiro atoms. The third kappa shape index (κ3) is 6.11. The average molecular weight is 556 g/mol. The van der Waals surface area contributed by atoms with Crippen molar-refractivity contribution in [1.82, 2.24) is 18.8 Å². The standard InChI is InChI=1S/C29H41N5O4S/c1-6-33(7-2)27(35)19-38-18-22(4)23-14-13-21(3)26(17-23)32(5)28-25-15-16-34(29(25)31-20-30-28)39(36,37)24-11-9-8-10-12-24/h8-12,15-16,20-23,26H,6-7,13-14,17-19H2,1-5H3/t21-,22+,23+,26+/m1/s1. The van der Waals surface area contributed by atoms with Crippen LogP contribution in [0, 0.1) is 17.8 Å². The molecule has 0 bridgehead atoms. The molecule has 4 rings (SSSR count). The Morgan fingerprint density at radius 3 is 2.54 bits per heavy atom. The van der Waals surface area contributed by atoms with Crippen LogP contribution in [0.5, 0.6) is 0 Å². The van der Waals surface area contributed by atoms with Crippen LogP contribution in [0.3, 0.4) is 0 Å². The van der Waals surface area contributed by atoms with Crippen molar-refractivity contribution in [1.29, 1.82) is 0 Å². The summed E-state index contributed by atoms with van der Waals surface area (Å²) in [5.74, 6) is 1.99. The molecule has 1 saturated carbocycles. The molecule has 0 radical (unpaired) electrons. The second-order valence-corrected chi connectivity index (χ2v) is 12.5. The molecule has 0 saturated heterocycles. The fraction of sp³-hybridized carbons (Fsp3) is 0.552. The van der Waals surface area contributed by atoms with Crippen molar-refractivity contribution in [2.24, 2.45) is 17.8 Å². The number of nitrogens with zero attached hydrogens (tertiary/aromatic N) is 5. The highest BCUT2D eigenvalue weighted by molar-refractivity contribution is 7.90. The van der Waals surface area contributed by atoms with E-state index in [9.17, 15) is 13.2 Å². The van der Waals surface area contributed by atoms with E-state index < -0.39 is 10.0 Å². The van der Waals surface area contributed by atoms with Crippen molar-refractivity contribution in [2.45, 2.75) is 57.9 Å². The first-order chi connectivity index (χ1) is 18.7. The van der Waals surface area contributed by atoms with E-state index in [0.717, 1.165) is 25.1 Å². The molecule has 9 nitrogen and oxygen atoms in total. The number of hydrogen-bond acceptors (Lipinski definition) is 7. The molecule has 1 aromatic carbocycles. The van der Waals surface area contributed by atoms with E-state index in [0.29, 0.717) is 48.5 Å². The number of ether oxygens (including phenoxy) is 1. The van der Waals surface area contributed by atoms with E-state index >= 15 is 0 Å². The third-order valence-corrected chi connectivity index (χ3v) is 9.96. The number of carbonyl (C=O) groups excluding carboxylic acids is 1. The number of fused-ring (bicyclic) bond motifs is 1. The minimum atomic E-state index is -3.78. The predicted octanol–water partition coefficient (Wildman–Crippen LogP) is 4.43. The maximum atomic E-state index is 13.3. The van der Waals surface area contributed by atoms with Gasteiger partial charge in [-0.1, -0.05) is 32.0 Å². The Hall–Kier alpha value is -2.98. The lowest BCUT2D eigenvalue weighted by molar-refractivity contribution is -0.136. The van der Waals surface area contributed by atoms with Crippen LogP contribution in [0.2, 0.25) is 0 Å². The zero-order valence-corrected chi connectivity index (χ0v) is 24.5. The maximum absolute atomic E-state index is 13.3. The molecule has 4 atom stereocenters. The second-order valence-electron chi connectivity index (χ2n) is 10.7. The summed E-state index contributed by atoms with van der Waals surface area (Å²) in [5.41, 5.74) is 0.371. The lowest BCUT2D eigenvalue weighted by Crippen LogP contribution is -2.43. The van der Waals surface area contributed by atoms with Gasteiger partial charge in [0, 0.05) is 32.4 Å². The van der Waals surface area contributed by atoms with Crippen molar-refractivity contribution in [3.63, 3.8) is 0 Å². The van der Waals surface area contributed by atoms with E-state index in [1.807, 2.05) is 20.9 Å². The molecule has 1 aliphatic carbocycles. The summed E-state index contributed by atoms with van der Waals surface area (Å²) in [4.78, 5) is 25.4. The van der Waals surface area contributed by atoms with Gasteiger partial charge in [-0.15, -0.1) is 0 Å². The van der Waals surface area contributed by atoms with Gasteiger partial charge in [-0.2, -0.15) is 0 Å². The minimum Gasteiger partial charge on any atom is -0.371 e. The Morgan fingerprint density at radius 1 is 1.13 bits per heavy atom. The second kappa shape index (κ2) is 12.5. The molecular weight excluding hydrogens is 514 g/mol. The normalized spacial score (nSPS) is 20.6. The van der Waals surface area contributed by atoms with Gasteiger partial charge < -0.3 is 14.5 Å². The summed E-state index contributed by atoms with van der Waals surface area (Å²) in [6, 6.07) is 10.4. The van der Waals surface area contributed by atoms with Gasteiger partial charge >= 0.3 is 0 Å². The molecule has 1 amide bonds. The first-order valence-corrected chi connectivity index (χ1v) is 15.3. The van der Waals surface area contributed by atoms with Crippen LogP contribution in [0.25, 0.3) is 11.0 Å². The van der Waals surface area contributed by atoms with Crippen molar-refractivity contribution >= 4 is 32.8 Å². The lowest BCUT2D eigenvalue weighted by atomic mass is 9.74. The number of amides is 1. The van der Waals surface area contributed by atoms with Crippen LogP contribution in [0.15, 0.2) is 53.8 Å². The molecule has 10 heteroatoms. The molecule has 2 aromatic heterocycles. The van der Waals surface area contributed by atoms with Crippen molar-refractivity contribution in [3.8, 4) is 0 Å². The maximum Gasteiger partial charge on any atom is 0.269 e. The Balaban J connectivity index is 1.49. The molecule has 1 fully saturated rings. The average Bonchev–Trinajstić information content (AvgIpc) is 3.39. The van der Waals surface area contributed by atoms with E-state index in [4.69, 9.17) is 4.74 Å². The molecule has 212 valence electrons. The van der Waals surface area contributed by atoms with Gasteiger partial charge in [0.2, 0.25) is 5.91 Å². The SMILES string of the molecule is CCN(CC)C(=O)COC[C@H](C)[C@H]1CC[C@@H](C)[C@@H](N(C)c2ncnc3c2ccn3S(=O)(=O)c2ccccc2)C1. The van der Waals surface area contributed by atoms with Gasteiger partial charge in [-0.25, -0.2) is 22.4 Å². The van der Waals surface area contributed by atoms with E-state index in [-0.39, 0.29) is 23.5 Å². The van der Waals surface area contributed by atoms with Gasteiger partial charge in [-0.3, -0.25) is 4.79 Å². The van der Waals surface area contributed by atoms with E-state index in [1.54, 1.807) is 47.5 Å². The van der Waals surface area contributed by atoms with Crippen LogP contribution < -0.4 is 4.90 Å². The van der Waals surface area contributed by atoms with Gasteiger partial charge in [0.25, 0.3) is 10.0 Å². The molecule has 3 aromatic rings. The van der Waals surface area contributed by atoms with Crippen molar-refractivity contribution in [2.75, 3.05) is 38.3 Å². The Bertz CT molecular complexity index is 1360. The Kier molecular flexibility index (Phi) is 9.27. The highest BCUT2D eigenvalue weighted by Crippen LogP contribution is 2.38. The molecule has 39 heavy (non-hydrogen) atoms. The highest BCUT2D eigenvalue weighted by atomic mass is 32.2. The van der Waals surface area contributed by atoms with Gasteiger partial charge in [-0.05, 0) is 69.1 Å². The largest absolute Gasteiger partial charge is 0.371 e. The zero-order valence-electron chi connectivity index (χ0n) is 23.7. The summed E-state index contributed by atoms with van der Waals surface area (Å²) in [7, 11) is -1.74. The molecule has 0 aliphatic heterocycles. The predicted molar refractivity (Wildman–Crippen MR) is 153 cm³/mol. The number of benzene rings is 1. The minimum absolute atomic E-state index is 0.0380. The molecule has 0 N–H and O–H groups in total. The summed E-state index contributed by atoms with van der Waals surface area (Å²) < 4.78 is 33.7. The summed E-state index contributed by atoms with van der Waals surface area (Å²) in [5, 5.41) is 0.708. The number of hydrogen-bond donors (Lipinski definition) is 0. The van der Waals surface area contributed by atoms with E-state index in [2.05, 4.69) is 28.7 Å². The summed E-state index contributed by atoms with van der Waals surface area (Å²) in [6.07, 6.45) is 6.18. The molecule has 2 heterocycles. The summed E-state index contributed by atoms with van der Waals surface area (Å²) >= 11 is 0. The van der Waals surface area contributed by atoms with Crippen LogP contribution in [-0.2, 0) is 19.6 Å². The first kappa shape index (κ1) is 29.0. The fourth-order valence-electron chi connectivity index (χ4n) is 5.78. The fourth-order valence-corrected chi connectivity index (χ4v) is 7.10. The number of rotatable bonds is 11. The van der Waals surface area contributed by atoms with Crippen LogP contribution >= 0.6 is 0 Å². The summed E-state index contributed by atoms with van der Waals surface area (Å²) in [6.45, 7) is 10.5. The zero-order chi connectivity index (χ0) is 28.2. The highest BCUT2D eigenvalue weighted by Gasteiger charge is 2.34. The van der Waals surface area contributed by atoms with Crippen LogP contribution in [-0.4, -0.2) is 72.6 Å². The topological polar surface area (TPSA) is 97.6 Å². The monoisotopic (exact) mass is 555 g/mol. The van der Waals surface area contributed by atoms with Crippen molar-refractivity contribution in [3.05, 3.63) is 48.9 Å². The quantitative estimate of drug-likeness (QED) is 0.345. The number of likely N-dealkylation sites (N-methyl/N-ethyl adjacent to an activating group) is 1. The smallest absolute Gasteiger partial charge is 0.269 e. The van der Waals surface area contributed by atoms with Gasteiger partial charge in [0.05, 0.1) is 16.9 Å². The first-order valence-electron chi connectivity index (χ1n) is 13.9. The number of carbonyl (C=O) groups is 1. The van der Waals surface area contributed by atoms with Crippen LogP contribution in [0.1, 0.15) is 47.0 Å². The van der Waals surface area contributed by atoms with Crippen LogP contribution in [0.4, 0.5) is 5.82 Å². The van der Waals surface area contributed by atoms with Crippen molar-refractivity contribution < 1.29 is 17.9 Å². The number of aromatic nitrogens is 3. The van der Waals surface area contributed by atoms with Gasteiger partial charge in [0.15, 0.2) is 5.65 Å². The Morgan fingerprint density at radius 2 is 1.85 bits per heavy atom. The number of anilines is 1. The molecular formula is C29H41N5O4S. The van der Waals surface area contributed by atoms with Gasteiger partial charge in [0.1, 0.15) is 18.8 Å². The van der Waals surface area contributed by atoms with E-state index in [1.165, 1.54) is 10.3 Å².